The van der Waals surface area contributed by atoms with Gasteiger partial charge in [0.05, 0.1) is 17.8 Å². The Morgan fingerprint density at radius 2 is 1.96 bits per heavy atom. The molecular formula is C17H23N3O3. The van der Waals surface area contributed by atoms with Crippen LogP contribution in [-0.2, 0) is 11.2 Å². The van der Waals surface area contributed by atoms with E-state index in [2.05, 4.69) is 5.10 Å². The first-order chi connectivity index (χ1) is 10.9. The van der Waals surface area contributed by atoms with Gasteiger partial charge in [0.2, 0.25) is 0 Å². The quantitative estimate of drug-likeness (QED) is 0.846. The van der Waals surface area contributed by atoms with E-state index in [1.807, 2.05) is 31.2 Å². The molecule has 2 aromatic rings. The van der Waals surface area contributed by atoms with Gasteiger partial charge in [-0.05, 0) is 44.4 Å². The molecule has 0 bridgehead atoms. The molecule has 23 heavy (non-hydrogen) atoms. The summed E-state index contributed by atoms with van der Waals surface area (Å²) in [6.45, 7) is 5.14. The van der Waals surface area contributed by atoms with Gasteiger partial charge in [-0.2, -0.15) is 5.10 Å². The van der Waals surface area contributed by atoms with Gasteiger partial charge < -0.3 is 9.90 Å². The van der Waals surface area contributed by atoms with Crippen LogP contribution in [0.15, 0.2) is 35.4 Å². The van der Waals surface area contributed by atoms with Gasteiger partial charge in [-0.3, -0.25) is 0 Å². The molecule has 0 amide bonds. The summed E-state index contributed by atoms with van der Waals surface area (Å²) in [5.74, 6) is 0.162. The summed E-state index contributed by atoms with van der Waals surface area (Å²) in [6, 6.07) is 7.17. The number of hydrogen-bond donors (Lipinski definition) is 1. The number of carbonyl (C=O) groups is 1. The first kappa shape index (κ1) is 17.1. The molecule has 6 nitrogen and oxygen atoms in total. The molecule has 0 fully saturated rings. The number of hydrogen-bond acceptors (Lipinski definition) is 4. The molecule has 1 heterocycles. The highest BCUT2D eigenvalue weighted by molar-refractivity contribution is 5.75. The maximum atomic E-state index is 12.5. The van der Waals surface area contributed by atoms with Crippen LogP contribution < -0.4 is 5.69 Å². The molecule has 0 radical (unpaired) electrons. The summed E-state index contributed by atoms with van der Waals surface area (Å²) in [6.07, 6.45) is 2.67. The van der Waals surface area contributed by atoms with Crippen LogP contribution in [0.1, 0.15) is 45.2 Å². The number of Topliss-reactive ketones (excluding diaryl/α,β-unsaturated/α-hetero) is 1. The maximum absolute atomic E-state index is 12.5. The number of nitrogens with zero attached hydrogens (tertiary/aromatic N) is 3. The van der Waals surface area contributed by atoms with Crippen molar-refractivity contribution in [3.63, 3.8) is 0 Å². The second kappa shape index (κ2) is 7.37. The fourth-order valence-corrected chi connectivity index (χ4v) is 2.58. The number of aromatic nitrogens is 3. The van der Waals surface area contributed by atoms with Gasteiger partial charge in [0.1, 0.15) is 12.1 Å². The van der Waals surface area contributed by atoms with E-state index in [1.165, 1.54) is 15.6 Å². The van der Waals surface area contributed by atoms with Crippen LogP contribution in [0.25, 0.3) is 5.69 Å². The Labute approximate surface area is 135 Å². The predicted octanol–water partition coefficient (Wildman–Crippen LogP) is 1.89. The molecule has 1 aromatic carbocycles. The van der Waals surface area contributed by atoms with Crippen molar-refractivity contribution in [2.45, 2.75) is 52.2 Å². The zero-order valence-corrected chi connectivity index (χ0v) is 13.8. The summed E-state index contributed by atoms with van der Waals surface area (Å²) in [5, 5.41) is 13.9. The van der Waals surface area contributed by atoms with E-state index < -0.39 is 6.10 Å². The number of aryl methyl sites for hydroxylation is 1. The van der Waals surface area contributed by atoms with E-state index in [9.17, 15) is 14.7 Å². The van der Waals surface area contributed by atoms with Crippen LogP contribution in [0.2, 0.25) is 0 Å². The molecule has 1 aromatic heterocycles. The number of benzene rings is 1. The Bertz CT molecular complexity index is 713. The average molecular weight is 317 g/mol. The average Bonchev–Trinajstić information content (AvgIpc) is 2.88. The fraction of sp³-hybridized carbons (Fsp3) is 0.471. The van der Waals surface area contributed by atoms with Crippen molar-refractivity contribution in [3.8, 4) is 5.69 Å². The van der Waals surface area contributed by atoms with E-state index in [4.69, 9.17) is 0 Å². The van der Waals surface area contributed by atoms with Crippen molar-refractivity contribution in [1.82, 2.24) is 14.3 Å². The fourth-order valence-electron chi connectivity index (χ4n) is 2.58. The predicted molar refractivity (Wildman–Crippen MR) is 87.8 cm³/mol. The van der Waals surface area contributed by atoms with Crippen molar-refractivity contribution < 1.29 is 9.90 Å². The van der Waals surface area contributed by atoms with Crippen LogP contribution in [0.3, 0.4) is 0 Å². The van der Waals surface area contributed by atoms with Crippen LogP contribution in [0.5, 0.6) is 0 Å². The second-order valence-corrected chi connectivity index (χ2v) is 5.81. The highest BCUT2D eigenvalue weighted by Crippen LogP contribution is 2.14. The Kier molecular flexibility index (Phi) is 5.50. The summed E-state index contributed by atoms with van der Waals surface area (Å²) in [7, 11) is 0. The molecule has 0 spiro atoms. The van der Waals surface area contributed by atoms with E-state index >= 15 is 0 Å². The van der Waals surface area contributed by atoms with Crippen LogP contribution in [0, 0.1) is 0 Å². The Morgan fingerprint density at radius 3 is 2.48 bits per heavy atom. The van der Waals surface area contributed by atoms with Gasteiger partial charge in [0.15, 0.2) is 0 Å². The summed E-state index contributed by atoms with van der Waals surface area (Å²) >= 11 is 0. The van der Waals surface area contributed by atoms with E-state index in [1.54, 1.807) is 13.8 Å². The zero-order valence-electron chi connectivity index (χ0n) is 13.8. The van der Waals surface area contributed by atoms with Crippen LogP contribution in [-0.4, -0.2) is 31.3 Å². The first-order valence-electron chi connectivity index (χ1n) is 7.87. The summed E-state index contributed by atoms with van der Waals surface area (Å²) in [4.78, 5) is 23.5. The number of rotatable bonds is 7. The minimum Gasteiger partial charge on any atom is -0.391 e. The van der Waals surface area contributed by atoms with Crippen molar-refractivity contribution in [3.05, 3.63) is 46.6 Å². The van der Waals surface area contributed by atoms with Crippen molar-refractivity contribution in [2.75, 3.05) is 0 Å². The molecule has 0 aliphatic carbocycles. The van der Waals surface area contributed by atoms with Crippen LogP contribution >= 0.6 is 0 Å². The SMILES string of the molecule is CCC([C@H](C)O)n1ncn(-c2ccc(CCC(C)=O)cc2)c1=O. The van der Waals surface area contributed by atoms with Crippen molar-refractivity contribution >= 4 is 5.78 Å². The molecule has 2 rings (SSSR count). The summed E-state index contributed by atoms with van der Waals surface area (Å²) < 4.78 is 2.79. The van der Waals surface area contributed by atoms with Gasteiger partial charge in [-0.1, -0.05) is 19.1 Å². The number of carbonyl (C=O) groups excluding carboxylic acids is 1. The van der Waals surface area contributed by atoms with Crippen LogP contribution in [0.4, 0.5) is 0 Å². The lowest BCUT2D eigenvalue weighted by Gasteiger charge is -2.16. The lowest BCUT2D eigenvalue weighted by atomic mass is 10.1. The zero-order chi connectivity index (χ0) is 17.0. The Balaban J connectivity index is 2.24. The largest absolute Gasteiger partial charge is 0.391 e. The third kappa shape index (κ3) is 3.96. The number of aliphatic hydroxyl groups is 1. The Hall–Kier alpha value is -2.21. The minimum atomic E-state index is -0.644. The molecule has 6 heteroatoms. The molecule has 0 saturated heterocycles. The summed E-state index contributed by atoms with van der Waals surface area (Å²) in [5.41, 5.74) is 1.50. The number of aliphatic hydroxyl groups excluding tert-OH is 1. The molecule has 0 saturated carbocycles. The molecule has 124 valence electrons. The molecular weight excluding hydrogens is 294 g/mol. The van der Waals surface area contributed by atoms with Gasteiger partial charge in [-0.25, -0.2) is 14.0 Å². The van der Waals surface area contributed by atoms with Gasteiger partial charge in [0.25, 0.3) is 0 Å². The lowest BCUT2D eigenvalue weighted by Crippen LogP contribution is -2.32. The Morgan fingerprint density at radius 1 is 1.30 bits per heavy atom. The molecule has 0 aliphatic rings. The van der Waals surface area contributed by atoms with Crippen molar-refractivity contribution in [2.24, 2.45) is 0 Å². The van der Waals surface area contributed by atoms with E-state index in [0.29, 0.717) is 24.9 Å². The third-order valence-corrected chi connectivity index (χ3v) is 3.96. The third-order valence-electron chi connectivity index (χ3n) is 3.96. The lowest BCUT2D eigenvalue weighted by molar-refractivity contribution is -0.116. The van der Waals surface area contributed by atoms with Crippen molar-refractivity contribution in [1.29, 1.82) is 0 Å². The highest BCUT2D eigenvalue weighted by atomic mass is 16.3. The van der Waals surface area contributed by atoms with Gasteiger partial charge in [-0.15, -0.1) is 0 Å². The van der Waals surface area contributed by atoms with Gasteiger partial charge in [0, 0.05) is 6.42 Å². The number of ketones is 1. The second-order valence-electron chi connectivity index (χ2n) is 5.81. The minimum absolute atomic E-state index is 0.162. The molecule has 2 atom stereocenters. The monoisotopic (exact) mass is 317 g/mol. The van der Waals surface area contributed by atoms with E-state index in [-0.39, 0.29) is 17.5 Å². The topological polar surface area (TPSA) is 77.1 Å². The maximum Gasteiger partial charge on any atom is 0.350 e. The standard InChI is InChI=1S/C17H23N3O3/c1-4-16(13(3)22)20-17(23)19(11-18-20)15-9-7-14(8-10-15)6-5-12(2)21/h7-11,13,16,22H,4-6H2,1-3H3/t13-,16?/m0/s1. The van der Waals surface area contributed by atoms with Gasteiger partial charge >= 0.3 is 5.69 Å². The normalized spacial score (nSPS) is 13.7. The first-order valence-corrected chi connectivity index (χ1v) is 7.87. The smallest absolute Gasteiger partial charge is 0.350 e. The van der Waals surface area contributed by atoms with E-state index in [0.717, 1.165) is 5.56 Å². The highest BCUT2D eigenvalue weighted by Gasteiger charge is 2.19. The molecule has 0 aliphatic heterocycles. The molecule has 1 N–H and O–H groups in total. The molecule has 1 unspecified atom stereocenters.